The SMILES string of the molecule is Cc1nn(C)c(N2CCS(=O)(=O)CC2)c1C#N. The van der Waals surface area contributed by atoms with Gasteiger partial charge in [0, 0.05) is 20.1 Å². The zero-order valence-corrected chi connectivity index (χ0v) is 10.7. The molecule has 0 N–H and O–H groups in total. The summed E-state index contributed by atoms with van der Waals surface area (Å²) in [4.78, 5) is 1.92. The fourth-order valence-corrected chi connectivity index (χ4v) is 3.27. The molecule has 0 amide bonds. The first-order chi connectivity index (χ1) is 7.94. The van der Waals surface area contributed by atoms with E-state index in [1.807, 2.05) is 4.90 Å². The number of nitrogens with zero attached hydrogens (tertiary/aromatic N) is 4. The van der Waals surface area contributed by atoms with E-state index in [2.05, 4.69) is 11.2 Å². The largest absolute Gasteiger partial charge is 0.354 e. The van der Waals surface area contributed by atoms with Gasteiger partial charge in [0.25, 0.3) is 0 Å². The first-order valence-corrected chi connectivity index (χ1v) is 7.16. The van der Waals surface area contributed by atoms with E-state index in [-0.39, 0.29) is 11.5 Å². The number of anilines is 1. The molecule has 2 heterocycles. The lowest BCUT2D eigenvalue weighted by atomic mass is 10.2. The monoisotopic (exact) mass is 254 g/mol. The topological polar surface area (TPSA) is 79.0 Å². The van der Waals surface area contributed by atoms with Crippen molar-refractivity contribution in [3.63, 3.8) is 0 Å². The van der Waals surface area contributed by atoms with Crippen molar-refractivity contribution in [1.82, 2.24) is 9.78 Å². The third kappa shape index (κ3) is 2.13. The molecule has 1 aliphatic heterocycles. The van der Waals surface area contributed by atoms with Crippen molar-refractivity contribution in [3.8, 4) is 6.07 Å². The Kier molecular flexibility index (Phi) is 2.83. The van der Waals surface area contributed by atoms with Crippen LogP contribution in [0.4, 0.5) is 5.82 Å². The second-order valence-electron chi connectivity index (χ2n) is 4.16. The lowest BCUT2D eigenvalue weighted by Gasteiger charge is -2.28. The minimum Gasteiger partial charge on any atom is -0.354 e. The van der Waals surface area contributed by atoms with E-state index in [1.54, 1.807) is 18.7 Å². The molecule has 0 saturated carbocycles. The Morgan fingerprint density at radius 3 is 2.47 bits per heavy atom. The van der Waals surface area contributed by atoms with Crippen molar-refractivity contribution in [3.05, 3.63) is 11.3 Å². The molecule has 92 valence electrons. The van der Waals surface area contributed by atoms with Crippen LogP contribution in [0, 0.1) is 18.3 Å². The van der Waals surface area contributed by atoms with Crippen molar-refractivity contribution in [2.45, 2.75) is 6.92 Å². The van der Waals surface area contributed by atoms with Crippen LogP contribution in [0.1, 0.15) is 11.3 Å². The van der Waals surface area contributed by atoms with Gasteiger partial charge in [-0.3, -0.25) is 4.68 Å². The van der Waals surface area contributed by atoms with E-state index in [4.69, 9.17) is 5.26 Å². The average Bonchev–Trinajstić information content (AvgIpc) is 2.53. The summed E-state index contributed by atoms with van der Waals surface area (Å²) in [5.74, 6) is 1.00. The standard InChI is InChI=1S/C10H14N4O2S/c1-8-9(7-11)10(13(2)12-8)14-3-5-17(15,16)6-4-14/h3-6H2,1-2H3. The number of aryl methyl sites for hydroxylation is 2. The number of hydrogen-bond donors (Lipinski definition) is 0. The molecule has 0 spiro atoms. The van der Waals surface area contributed by atoms with Gasteiger partial charge < -0.3 is 4.90 Å². The smallest absolute Gasteiger partial charge is 0.153 e. The lowest BCUT2D eigenvalue weighted by Crippen LogP contribution is -2.41. The second kappa shape index (κ2) is 4.04. The van der Waals surface area contributed by atoms with Gasteiger partial charge in [-0.1, -0.05) is 0 Å². The van der Waals surface area contributed by atoms with Crippen molar-refractivity contribution >= 4 is 15.7 Å². The molecule has 0 bridgehead atoms. The summed E-state index contributed by atoms with van der Waals surface area (Å²) in [6, 6.07) is 2.13. The van der Waals surface area contributed by atoms with Crippen LogP contribution >= 0.6 is 0 Å². The van der Waals surface area contributed by atoms with Gasteiger partial charge in [0.1, 0.15) is 17.5 Å². The highest BCUT2D eigenvalue weighted by Gasteiger charge is 2.26. The van der Waals surface area contributed by atoms with Crippen LogP contribution in [0.15, 0.2) is 0 Å². The van der Waals surface area contributed by atoms with E-state index in [0.717, 1.165) is 5.82 Å². The number of nitriles is 1. The summed E-state index contributed by atoms with van der Waals surface area (Å²) in [5, 5.41) is 13.3. The number of aromatic nitrogens is 2. The van der Waals surface area contributed by atoms with Crippen LogP contribution in [0.5, 0.6) is 0 Å². The summed E-state index contributed by atoms with van der Waals surface area (Å²) < 4.78 is 24.4. The van der Waals surface area contributed by atoms with Gasteiger partial charge in [-0.15, -0.1) is 0 Å². The normalized spacial score (nSPS) is 19.0. The number of sulfone groups is 1. The predicted octanol–water partition coefficient (Wildman–Crippen LogP) is -0.165. The van der Waals surface area contributed by atoms with Crippen LogP contribution in [0.3, 0.4) is 0 Å². The number of hydrogen-bond acceptors (Lipinski definition) is 5. The Bertz CT molecular complexity index is 568. The first-order valence-electron chi connectivity index (χ1n) is 5.33. The predicted molar refractivity (Wildman–Crippen MR) is 63.5 cm³/mol. The van der Waals surface area contributed by atoms with Crippen molar-refractivity contribution in [2.24, 2.45) is 7.05 Å². The van der Waals surface area contributed by atoms with E-state index in [0.29, 0.717) is 24.3 Å². The Morgan fingerprint density at radius 2 is 1.94 bits per heavy atom. The van der Waals surface area contributed by atoms with E-state index < -0.39 is 9.84 Å². The van der Waals surface area contributed by atoms with Crippen molar-refractivity contribution in [2.75, 3.05) is 29.5 Å². The highest BCUT2D eigenvalue weighted by molar-refractivity contribution is 7.91. The van der Waals surface area contributed by atoms with Crippen LogP contribution in [0.2, 0.25) is 0 Å². The van der Waals surface area contributed by atoms with Gasteiger partial charge >= 0.3 is 0 Å². The summed E-state index contributed by atoms with van der Waals surface area (Å²) in [6.45, 7) is 2.63. The highest BCUT2D eigenvalue weighted by atomic mass is 32.2. The maximum Gasteiger partial charge on any atom is 0.153 e. The minimum atomic E-state index is -2.90. The fourth-order valence-electron chi connectivity index (χ4n) is 2.06. The molecule has 0 radical (unpaired) electrons. The van der Waals surface area contributed by atoms with Gasteiger partial charge in [-0.25, -0.2) is 8.42 Å². The maximum atomic E-state index is 11.4. The zero-order valence-electron chi connectivity index (χ0n) is 9.84. The summed E-state index contributed by atoms with van der Waals surface area (Å²) in [6.07, 6.45) is 0. The molecule has 1 fully saturated rings. The molecule has 0 unspecified atom stereocenters. The van der Waals surface area contributed by atoms with Crippen LogP contribution in [0.25, 0.3) is 0 Å². The molecule has 7 heteroatoms. The van der Waals surface area contributed by atoms with Gasteiger partial charge in [0.05, 0.1) is 17.2 Å². The molecule has 1 aliphatic rings. The van der Waals surface area contributed by atoms with Gasteiger partial charge in [0.2, 0.25) is 0 Å². The minimum absolute atomic E-state index is 0.141. The molecular formula is C10H14N4O2S. The van der Waals surface area contributed by atoms with Crippen molar-refractivity contribution in [1.29, 1.82) is 5.26 Å². The summed E-state index contributed by atoms with van der Waals surface area (Å²) in [5.41, 5.74) is 1.21. The first kappa shape index (κ1) is 11.9. The van der Waals surface area contributed by atoms with Gasteiger partial charge in [-0.05, 0) is 6.92 Å². The molecular weight excluding hydrogens is 240 g/mol. The maximum absolute atomic E-state index is 11.4. The Balaban J connectivity index is 2.34. The van der Waals surface area contributed by atoms with E-state index in [9.17, 15) is 8.42 Å². The quantitative estimate of drug-likeness (QED) is 0.695. The average molecular weight is 254 g/mol. The Labute approximate surface area is 100 Å². The summed E-state index contributed by atoms with van der Waals surface area (Å²) in [7, 11) is -1.13. The van der Waals surface area contributed by atoms with Gasteiger partial charge in [0.15, 0.2) is 9.84 Å². The second-order valence-corrected chi connectivity index (χ2v) is 6.46. The molecule has 6 nitrogen and oxygen atoms in total. The molecule has 2 rings (SSSR count). The van der Waals surface area contributed by atoms with E-state index >= 15 is 0 Å². The van der Waals surface area contributed by atoms with Crippen LogP contribution in [-0.2, 0) is 16.9 Å². The van der Waals surface area contributed by atoms with Crippen LogP contribution < -0.4 is 4.90 Å². The number of rotatable bonds is 1. The molecule has 0 aromatic carbocycles. The summed E-state index contributed by atoms with van der Waals surface area (Å²) >= 11 is 0. The van der Waals surface area contributed by atoms with Gasteiger partial charge in [-0.2, -0.15) is 10.4 Å². The Hall–Kier alpha value is -1.55. The zero-order chi connectivity index (χ0) is 12.6. The molecule has 0 aliphatic carbocycles. The third-order valence-corrected chi connectivity index (χ3v) is 4.56. The Morgan fingerprint density at radius 1 is 1.35 bits per heavy atom. The lowest BCUT2D eigenvalue weighted by molar-refractivity contribution is 0.584. The highest BCUT2D eigenvalue weighted by Crippen LogP contribution is 2.23. The van der Waals surface area contributed by atoms with Crippen LogP contribution in [-0.4, -0.2) is 42.8 Å². The van der Waals surface area contributed by atoms with E-state index in [1.165, 1.54) is 0 Å². The molecule has 1 aromatic heterocycles. The fraction of sp³-hybridized carbons (Fsp3) is 0.600. The molecule has 0 atom stereocenters. The van der Waals surface area contributed by atoms with Crippen molar-refractivity contribution < 1.29 is 8.42 Å². The molecule has 1 aromatic rings. The molecule has 1 saturated heterocycles. The third-order valence-electron chi connectivity index (χ3n) is 2.95. The molecule has 17 heavy (non-hydrogen) atoms.